The molecule has 0 saturated carbocycles. The second-order valence-corrected chi connectivity index (χ2v) is 7.02. The van der Waals surface area contributed by atoms with Crippen molar-refractivity contribution in [3.8, 4) is 11.1 Å². The highest BCUT2D eigenvalue weighted by Crippen LogP contribution is 2.46. The lowest BCUT2D eigenvalue weighted by molar-refractivity contribution is 0.235. The van der Waals surface area contributed by atoms with Gasteiger partial charge in [0.15, 0.2) is 0 Å². The second kappa shape index (κ2) is 6.92. The third-order valence-electron chi connectivity index (χ3n) is 4.77. The van der Waals surface area contributed by atoms with Crippen LogP contribution in [0.1, 0.15) is 22.7 Å². The molecule has 1 aliphatic rings. The highest BCUT2D eigenvalue weighted by molar-refractivity contribution is 9.09. The third-order valence-corrected chi connectivity index (χ3v) is 5.12. The van der Waals surface area contributed by atoms with Gasteiger partial charge < -0.3 is 0 Å². The van der Waals surface area contributed by atoms with Crippen LogP contribution in [-0.4, -0.2) is 16.8 Å². The number of fused-ring (bicyclic) bond motifs is 3. The van der Waals surface area contributed by atoms with Gasteiger partial charge >= 0.3 is 0 Å². The number of hydrogen-bond donors (Lipinski definition) is 0. The fraction of sp³-hybridized carbons (Fsp3) is 0.182. The zero-order valence-corrected chi connectivity index (χ0v) is 15.1. The molecule has 3 aromatic rings. The first-order valence-electron chi connectivity index (χ1n) is 8.40. The lowest BCUT2D eigenvalue weighted by atomic mass is 10.0. The summed E-state index contributed by atoms with van der Waals surface area (Å²) in [6.07, 6.45) is 0. The summed E-state index contributed by atoms with van der Waals surface area (Å²) in [7, 11) is 0. The van der Waals surface area contributed by atoms with Crippen LogP contribution in [0.2, 0.25) is 0 Å². The van der Waals surface area contributed by atoms with E-state index in [2.05, 4.69) is 99.7 Å². The van der Waals surface area contributed by atoms with Crippen LogP contribution < -0.4 is 0 Å². The van der Waals surface area contributed by atoms with Gasteiger partial charge in [-0.1, -0.05) is 94.8 Å². The van der Waals surface area contributed by atoms with Gasteiger partial charge in [-0.25, -0.2) is 0 Å². The van der Waals surface area contributed by atoms with Crippen molar-refractivity contribution < 1.29 is 0 Å². The molecule has 0 fully saturated rings. The molecule has 0 radical (unpaired) electrons. The first kappa shape index (κ1) is 15.6. The van der Waals surface area contributed by atoms with Crippen LogP contribution in [0.25, 0.3) is 11.1 Å². The summed E-state index contributed by atoms with van der Waals surface area (Å²) >= 11 is 3.65. The molecule has 0 amide bonds. The lowest BCUT2D eigenvalue weighted by Gasteiger charge is -2.30. The SMILES string of the molecule is BrCCN(Cc1ccccc1)C1c2ccccc2-c2ccccc21. The number of nitrogens with zero attached hydrogens (tertiary/aromatic N) is 1. The van der Waals surface area contributed by atoms with Crippen LogP contribution in [0.3, 0.4) is 0 Å². The standard InChI is InChI=1S/C22H20BrN/c23-14-15-24(16-17-8-2-1-3-9-17)22-20-12-6-4-10-18(20)19-11-5-7-13-21(19)22/h1-13,22H,14-16H2. The smallest absolute Gasteiger partial charge is 0.0617 e. The molecule has 0 spiro atoms. The quantitative estimate of drug-likeness (QED) is 0.519. The van der Waals surface area contributed by atoms with Gasteiger partial charge in [-0.05, 0) is 27.8 Å². The van der Waals surface area contributed by atoms with E-state index in [1.54, 1.807) is 0 Å². The minimum atomic E-state index is 0.329. The fourth-order valence-corrected chi connectivity index (χ4v) is 4.20. The van der Waals surface area contributed by atoms with E-state index in [9.17, 15) is 0 Å². The zero-order valence-electron chi connectivity index (χ0n) is 13.5. The number of halogens is 1. The largest absolute Gasteiger partial charge is 0.287 e. The first-order valence-corrected chi connectivity index (χ1v) is 9.53. The van der Waals surface area contributed by atoms with Crippen molar-refractivity contribution in [1.29, 1.82) is 0 Å². The summed E-state index contributed by atoms with van der Waals surface area (Å²) in [6, 6.07) is 28.8. The summed E-state index contributed by atoms with van der Waals surface area (Å²) in [5.74, 6) is 0. The average Bonchev–Trinajstić information content (AvgIpc) is 2.97. The molecule has 2 heteroatoms. The molecule has 120 valence electrons. The number of benzene rings is 3. The van der Waals surface area contributed by atoms with E-state index in [1.165, 1.54) is 27.8 Å². The third kappa shape index (κ3) is 2.81. The number of alkyl halides is 1. The molecular formula is C22H20BrN. The molecule has 24 heavy (non-hydrogen) atoms. The Morgan fingerprint density at radius 1 is 0.708 bits per heavy atom. The van der Waals surface area contributed by atoms with Crippen molar-refractivity contribution >= 4 is 15.9 Å². The van der Waals surface area contributed by atoms with E-state index in [1.807, 2.05) is 0 Å². The summed E-state index contributed by atoms with van der Waals surface area (Å²) in [5, 5.41) is 0.973. The predicted octanol–water partition coefficient (Wildman–Crippen LogP) is 5.65. The summed E-state index contributed by atoms with van der Waals surface area (Å²) in [5.41, 5.74) is 6.97. The minimum Gasteiger partial charge on any atom is -0.287 e. The molecule has 1 aliphatic carbocycles. The second-order valence-electron chi connectivity index (χ2n) is 6.22. The van der Waals surface area contributed by atoms with E-state index in [4.69, 9.17) is 0 Å². The van der Waals surface area contributed by atoms with Gasteiger partial charge in [0.05, 0.1) is 6.04 Å². The van der Waals surface area contributed by atoms with Crippen molar-refractivity contribution in [2.75, 3.05) is 11.9 Å². The maximum Gasteiger partial charge on any atom is 0.0617 e. The van der Waals surface area contributed by atoms with Crippen molar-refractivity contribution in [3.63, 3.8) is 0 Å². The van der Waals surface area contributed by atoms with Gasteiger partial charge in [0.2, 0.25) is 0 Å². The summed E-state index contributed by atoms with van der Waals surface area (Å²) in [4.78, 5) is 2.58. The van der Waals surface area contributed by atoms with Crippen LogP contribution >= 0.6 is 15.9 Å². The Morgan fingerprint density at radius 3 is 1.83 bits per heavy atom. The van der Waals surface area contributed by atoms with Crippen LogP contribution in [-0.2, 0) is 6.54 Å². The lowest BCUT2D eigenvalue weighted by Crippen LogP contribution is -2.29. The van der Waals surface area contributed by atoms with Crippen LogP contribution in [0.4, 0.5) is 0 Å². The zero-order chi connectivity index (χ0) is 16.4. The van der Waals surface area contributed by atoms with E-state index < -0.39 is 0 Å². The Bertz CT molecular complexity index is 783. The minimum absolute atomic E-state index is 0.329. The van der Waals surface area contributed by atoms with Crippen molar-refractivity contribution in [2.45, 2.75) is 12.6 Å². The molecule has 0 unspecified atom stereocenters. The van der Waals surface area contributed by atoms with Gasteiger partial charge in [-0.3, -0.25) is 4.90 Å². The highest BCUT2D eigenvalue weighted by Gasteiger charge is 2.32. The monoisotopic (exact) mass is 377 g/mol. The number of rotatable bonds is 5. The van der Waals surface area contributed by atoms with E-state index >= 15 is 0 Å². The molecule has 3 aromatic carbocycles. The Morgan fingerprint density at radius 2 is 1.25 bits per heavy atom. The highest BCUT2D eigenvalue weighted by atomic mass is 79.9. The van der Waals surface area contributed by atoms with E-state index in [0.717, 1.165) is 18.4 Å². The van der Waals surface area contributed by atoms with Crippen LogP contribution in [0.15, 0.2) is 78.9 Å². The molecular weight excluding hydrogens is 358 g/mol. The topological polar surface area (TPSA) is 3.24 Å². The summed E-state index contributed by atoms with van der Waals surface area (Å²) < 4.78 is 0. The molecule has 0 aromatic heterocycles. The molecule has 4 rings (SSSR count). The maximum absolute atomic E-state index is 3.65. The predicted molar refractivity (Wildman–Crippen MR) is 104 cm³/mol. The van der Waals surface area contributed by atoms with Gasteiger partial charge in [0.1, 0.15) is 0 Å². The van der Waals surface area contributed by atoms with Gasteiger partial charge in [0, 0.05) is 18.4 Å². The molecule has 0 N–H and O–H groups in total. The summed E-state index contributed by atoms with van der Waals surface area (Å²) in [6.45, 7) is 1.97. The molecule has 0 bridgehead atoms. The molecule has 0 heterocycles. The molecule has 0 atom stereocenters. The molecule has 1 nitrogen and oxygen atoms in total. The van der Waals surface area contributed by atoms with Crippen molar-refractivity contribution in [3.05, 3.63) is 95.6 Å². The average molecular weight is 378 g/mol. The van der Waals surface area contributed by atoms with Crippen molar-refractivity contribution in [1.82, 2.24) is 4.90 Å². The Hall–Kier alpha value is -1.90. The van der Waals surface area contributed by atoms with Crippen LogP contribution in [0.5, 0.6) is 0 Å². The first-order chi connectivity index (χ1) is 11.9. The Labute approximate surface area is 152 Å². The molecule has 0 aliphatic heterocycles. The van der Waals surface area contributed by atoms with E-state index in [0.29, 0.717) is 6.04 Å². The maximum atomic E-state index is 3.65. The van der Waals surface area contributed by atoms with Gasteiger partial charge in [-0.2, -0.15) is 0 Å². The van der Waals surface area contributed by atoms with Gasteiger partial charge in [-0.15, -0.1) is 0 Å². The van der Waals surface area contributed by atoms with E-state index in [-0.39, 0.29) is 0 Å². The van der Waals surface area contributed by atoms with Gasteiger partial charge in [0.25, 0.3) is 0 Å². The van der Waals surface area contributed by atoms with Crippen molar-refractivity contribution in [2.24, 2.45) is 0 Å². The Balaban J connectivity index is 1.77. The molecule has 0 saturated heterocycles. The normalized spacial score (nSPS) is 13.1. The fourth-order valence-electron chi connectivity index (χ4n) is 3.75. The Kier molecular flexibility index (Phi) is 4.50. The number of hydrogen-bond acceptors (Lipinski definition) is 1. The van der Waals surface area contributed by atoms with Crippen LogP contribution in [0, 0.1) is 0 Å².